The number of anilines is 1. The van der Waals surface area contributed by atoms with Gasteiger partial charge in [0.05, 0.1) is 0 Å². The second kappa shape index (κ2) is 6.14. The zero-order chi connectivity index (χ0) is 16.7. The molecule has 0 N–H and O–H groups in total. The minimum atomic E-state index is 0.516. The summed E-state index contributed by atoms with van der Waals surface area (Å²) in [5.74, 6) is 1.78. The standard InChI is InChI=1S/C17H22N6S/c1-12-10-14(6-8-21(12)2)22(3)16-5-4-15-18-19-17(23(15)20-16)13-7-9-24-11-13/h4-5,7,9,11-12,14H,6,8,10H2,1-3H3. The second-order valence-corrected chi connectivity index (χ2v) is 7.40. The van der Waals surface area contributed by atoms with Crippen molar-refractivity contribution < 1.29 is 0 Å². The molecule has 6 nitrogen and oxygen atoms in total. The average molecular weight is 342 g/mol. The van der Waals surface area contributed by atoms with E-state index in [0.717, 1.165) is 42.2 Å². The van der Waals surface area contributed by atoms with Crippen LogP contribution in [0, 0.1) is 0 Å². The van der Waals surface area contributed by atoms with Crippen LogP contribution in [0.3, 0.4) is 0 Å². The van der Waals surface area contributed by atoms with Crippen LogP contribution < -0.4 is 4.90 Å². The van der Waals surface area contributed by atoms with Gasteiger partial charge in [-0.2, -0.15) is 15.9 Å². The van der Waals surface area contributed by atoms with Crippen molar-refractivity contribution in [2.45, 2.75) is 31.8 Å². The Labute approximate surface area is 145 Å². The van der Waals surface area contributed by atoms with Crippen LogP contribution in [-0.2, 0) is 0 Å². The zero-order valence-electron chi connectivity index (χ0n) is 14.3. The molecular formula is C17H22N6S. The Morgan fingerprint density at radius 3 is 2.88 bits per heavy atom. The normalized spacial score (nSPS) is 22.1. The van der Waals surface area contributed by atoms with Crippen LogP contribution >= 0.6 is 11.3 Å². The molecule has 24 heavy (non-hydrogen) atoms. The van der Waals surface area contributed by atoms with E-state index in [2.05, 4.69) is 52.5 Å². The van der Waals surface area contributed by atoms with Crippen molar-refractivity contribution in [1.82, 2.24) is 24.7 Å². The van der Waals surface area contributed by atoms with Gasteiger partial charge in [-0.05, 0) is 50.4 Å². The summed E-state index contributed by atoms with van der Waals surface area (Å²) in [6.45, 7) is 3.43. The molecule has 0 saturated carbocycles. The lowest BCUT2D eigenvalue weighted by molar-refractivity contribution is 0.181. The van der Waals surface area contributed by atoms with Gasteiger partial charge in [-0.3, -0.25) is 0 Å². The molecule has 4 rings (SSSR count). The number of fused-ring (bicyclic) bond motifs is 1. The van der Waals surface area contributed by atoms with Crippen LogP contribution in [0.4, 0.5) is 5.82 Å². The monoisotopic (exact) mass is 342 g/mol. The highest BCUT2D eigenvalue weighted by Gasteiger charge is 2.26. The van der Waals surface area contributed by atoms with E-state index < -0.39 is 0 Å². The second-order valence-electron chi connectivity index (χ2n) is 6.62. The first-order valence-electron chi connectivity index (χ1n) is 8.31. The van der Waals surface area contributed by atoms with Crippen LogP contribution in [0.5, 0.6) is 0 Å². The zero-order valence-corrected chi connectivity index (χ0v) is 15.1. The molecule has 2 atom stereocenters. The van der Waals surface area contributed by atoms with Crippen molar-refractivity contribution >= 4 is 22.8 Å². The first kappa shape index (κ1) is 15.5. The van der Waals surface area contributed by atoms with Gasteiger partial charge in [-0.15, -0.1) is 15.3 Å². The summed E-state index contributed by atoms with van der Waals surface area (Å²) < 4.78 is 1.85. The van der Waals surface area contributed by atoms with Crippen LogP contribution in [0.25, 0.3) is 17.0 Å². The Morgan fingerprint density at radius 2 is 2.12 bits per heavy atom. The maximum atomic E-state index is 4.82. The number of hydrogen-bond acceptors (Lipinski definition) is 6. The minimum absolute atomic E-state index is 0.516. The molecule has 7 heteroatoms. The summed E-state index contributed by atoms with van der Waals surface area (Å²) in [6.07, 6.45) is 2.32. The molecule has 2 unspecified atom stereocenters. The first-order chi connectivity index (χ1) is 11.6. The summed E-state index contributed by atoms with van der Waals surface area (Å²) in [5, 5.41) is 17.5. The third-order valence-electron chi connectivity index (χ3n) is 5.12. The van der Waals surface area contributed by atoms with E-state index in [1.807, 2.05) is 22.0 Å². The van der Waals surface area contributed by atoms with E-state index in [1.165, 1.54) is 0 Å². The summed E-state index contributed by atoms with van der Waals surface area (Å²) in [5.41, 5.74) is 1.85. The highest BCUT2D eigenvalue weighted by Crippen LogP contribution is 2.25. The third-order valence-corrected chi connectivity index (χ3v) is 5.80. The van der Waals surface area contributed by atoms with Gasteiger partial charge in [0.1, 0.15) is 5.82 Å². The molecule has 126 valence electrons. The summed E-state index contributed by atoms with van der Waals surface area (Å²) in [4.78, 5) is 4.73. The van der Waals surface area contributed by atoms with E-state index in [0.29, 0.717) is 12.1 Å². The largest absolute Gasteiger partial charge is 0.355 e. The lowest BCUT2D eigenvalue weighted by atomic mass is 9.98. The fourth-order valence-corrected chi connectivity index (χ4v) is 3.98. The number of aromatic nitrogens is 4. The van der Waals surface area contributed by atoms with Gasteiger partial charge in [0.25, 0.3) is 0 Å². The number of nitrogens with zero attached hydrogens (tertiary/aromatic N) is 6. The van der Waals surface area contributed by atoms with Gasteiger partial charge < -0.3 is 9.80 Å². The fourth-order valence-electron chi connectivity index (χ4n) is 3.34. The van der Waals surface area contributed by atoms with Crippen molar-refractivity contribution in [2.75, 3.05) is 25.5 Å². The number of rotatable bonds is 3. The molecule has 3 aromatic heterocycles. The van der Waals surface area contributed by atoms with Crippen molar-refractivity contribution in [3.05, 3.63) is 29.0 Å². The Balaban J connectivity index is 1.66. The molecule has 0 amide bonds. The third kappa shape index (κ3) is 2.67. The Morgan fingerprint density at radius 1 is 1.25 bits per heavy atom. The SMILES string of the molecule is CC1CC(N(C)c2ccc3nnc(-c4ccsc4)n3n2)CCN1C. The van der Waals surface area contributed by atoms with Crippen molar-refractivity contribution in [3.63, 3.8) is 0 Å². The molecule has 1 aliphatic rings. The lowest BCUT2D eigenvalue weighted by Crippen LogP contribution is -2.46. The fraction of sp³-hybridized carbons (Fsp3) is 0.471. The van der Waals surface area contributed by atoms with Gasteiger partial charge in [-0.25, -0.2) is 0 Å². The predicted octanol–water partition coefficient (Wildman–Crippen LogP) is 2.77. The van der Waals surface area contributed by atoms with Crippen molar-refractivity contribution in [3.8, 4) is 11.4 Å². The predicted molar refractivity (Wildman–Crippen MR) is 97.6 cm³/mol. The highest BCUT2D eigenvalue weighted by atomic mass is 32.1. The molecule has 1 fully saturated rings. The van der Waals surface area contributed by atoms with Crippen LogP contribution in [0.1, 0.15) is 19.8 Å². The molecule has 1 aliphatic heterocycles. The van der Waals surface area contributed by atoms with E-state index in [4.69, 9.17) is 5.10 Å². The van der Waals surface area contributed by atoms with Crippen LogP contribution in [-0.4, -0.2) is 57.4 Å². The molecule has 0 aliphatic carbocycles. The van der Waals surface area contributed by atoms with Gasteiger partial charge in [0, 0.05) is 36.6 Å². The lowest BCUT2D eigenvalue weighted by Gasteiger charge is -2.39. The summed E-state index contributed by atoms with van der Waals surface area (Å²) in [6, 6.07) is 7.22. The van der Waals surface area contributed by atoms with Gasteiger partial charge in [-0.1, -0.05) is 0 Å². The van der Waals surface area contributed by atoms with E-state index in [-0.39, 0.29) is 0 Å². The van der Waals surface area contributed by atoms with Gasteiger partial charge in [0.2, 0.25) is 0 Å². The molecule has 1 saturated heterocycles. The first-order valence-corrected chi connectivity index (χ1v) is 9.26. The number of thiophene rings is 1. The Kier molecular flexibility index (Phi) is 3.97. The minimum Gasteiger partial charge on any atom is -0.355 e. The highest BCUT2D eigenvalue weighted by molar-refractivity contribution is 7.08. The number of piperidine rings is 1. The molecule has 0 bridgehead atoms. The molecule has 4 heterocycles. The van der Waals surface area contributed by atoms with Crippen LogP contribution in [0.15, 0.2) is 29.0 Å². The van der Waals surface area contributed by atoms with Gasteiger partial charge >= 0.3 is 0 Å². The van der Waals surface area contributed by atoms with E-state index >= 15 is 0 Å². The van der Waals surface area contributed by atoms with Crippen molar-refractivity contribution in [2.24, 2.45) is 0 Å². The molecule has 0 radical (unpaired) electrons. The van der Waals surface area contributed by atoms with E-state index in [9.17, 15) is 0 Å². The smallest absolute Gasteiger partial charge is 0.186 e. The number of hydrogen-bond donors (Lipinski definition) is 0. The van der Waals surface area contributed by atoms with E-state index in [1.54, 1.807) is 11.3 Å². The van der Waals surface area contributed by atoms with Crippen LogP contribution in [0.2, 0.25) is 0 Å². The van der Waals surface area contributed by atoms with Crippen molar-refractivity contribution in [1.29, 1.82) is 0 Å². The average Bonchev–Trinajstić information content (AvgIpc) is 3.24. The Bertz CT molecular complexity index is 827. The maximum Gasteiger partial charge on any atom is 0.186 e. The molecule has 0 spiro atoms. The summed E-state index contributed by atoms with van der Waals surface area (Å²) in [7, 11) is 4.35. The van der Waals surface area contributed by atoms with Gasteiger partial charge in [0.15, 0.2) is 11.5 Å². The Hall–Kier alpha value is -1.99. The maximum absolute atomic E-state index is 4.82. The summed E-state index contributed by atoms with van der Waals surface area (Å²) >= 11 is 1.66. The quantitative estimate of drug-likeness (QED) is 0.732. The molecule has 0 aromatic carbocycles. The topological polar surface area (TPSA) is 49.6 Å². The number of likely N-dealkylation sites (tertiary alicyclic amines) is 1. The molecule has 3 aromatic rings. The molecular weight excluding hydrogens is 320 g/mol.